The zero-order valence-corrected chi connectivity index (χ0v) is 33.4. The molecule has 0 aromatic rings. The molecular weight excluding hydrogens is 691 g/mol. The summed E-state index contributed by atoms with van der Waals surface area (Å²) in [6.45, 7) is 3.28. The lowest BCUT2D eigenvalue weighted by molar-refractivity contribution is -0.161. The van der Waals surface area contributed by atoms with Crippen LogP contribution in [0.4, 0.5) is 0 Å². The number of carbonyl (C=O) groups is 2. The number of rotatable bonds is 34. The third-order valence-electron chi connectivity index (χ3n) is 7.64. The van der Waals surface area contributed by atoms with Crippen molar-refractivity contribution in [3.05, 3.63) is 97.2 Å². The molecular formula is C43H69O9P. The zero-order valence-electron chi connectivity index (χ0n) is 32.5. The number of phosphoric ester groups is 1. The maximum absolute atomic E-state index is 12.4. The molecule has 0 bridgehead atoms. The van der Waals surface area contributed by atoms with E-state index in [4.69, 9.17) is 19.3 Å². The smallest absolute Gasteiger partial charge is 0.462 e. The van der Waals surface area contributed by atoms with Gasteiger partial charge in [0, 0.05) is 12.8 Å². The van der Waals surface area contributed by atoms with Crippen molar-refractivity contribution >= 4 is 19.8 Å². The zero-order chi connectivity index (χ0) is 39.1. The van der Waals surface area contributed by atoms with Gasteiger partial charge in [0.1, 0.15) is 6.61 Å². The van der Waals surface area contributed by atoms with Crippen molar-refractivity contribution in [3.63, 3.8) is 0 Å². The van der Waals surface area contributed by atoms with Crippen molar-refractivity contribution in [1.82, 2.24) is 0 Å². The van der Waals surface area contributed by atoms with Crippen molar-refractivity contribution < 1.29 is 43.0 Å². The molecule has 300 valence electrons. The molecule has 2 atom stereocenters. The number of aliphatic hydroxyl groups excluding tert-OH is 1. The number of phosphoric acid groups is 1. The summed E-state index contributed by atoms with van der Waals surface area (Å²) in [6.07, 6.45) is 47.6. The number of hydrogen-bond donors (Lipinski definition) is 3. The monoisotopic (exact) mass is 760 g/mol. The third-order valence-corrected chi connectivity index (χ3v) is 8.13. The van der Waals surface area contributed by atoms with E-state index in [0.29, 0.717) is 25.7 Å². The summed E-state index contributed by atoms with van der Waals surface area (Å²) in [5.41, 5.74) is 0. The molecule has 3 N–H and O–H groups in total. The Morgan fingerprint density at radius 2 is 1.06 bits per heavy atom. The number of carbonyl (C=O) groups excluding carboxylic acids is 2. The van der Waals surface area contributed by atoms with Gasteiger partial charge in [0.05, 0.1) is 12.7 Å². The molecule has 0 aliphatic heterocycles. The van der Waals surface area contributed by atoms with Crippen LogP contribution >= 0.6 is 7.82 Å². The Morgan fingerprint density at radius 1 is 0.585 bits per heavy atom. The van der Waals surface area contributed by atoms with E-state index in [0.717, 1.165) is 83.5 Å². The predicted octanol–water partition coefficient (Wildman–Crippen LogP) is 10.8. The molecule has 0 aliphatic carbocycles. The highest BCUT2D eigenvalue weighted by molar-refractivity contribution is 7.46. The van der Waals surface area contributed by atoms with Crippen molar-refractivity contribution in [1.29, 1.82) is 0 Å². The molecule has 0 aromatic carbocycles. The van der Waals surface area contributed by atoms with E-state index < -0.39 is 32.5 Å². The van der Waals surface area contributed by atoms with E-state index in [1.54, 1.807) is 0 Å². The fraction of sp³-hybridized carbons (Fsp3) is 0.581. The van der Waals surface area contributed by atoms with Crippen LogP contribution in [0.3, 0.4) is 0 Å². The van der Waals surface area contributed by atoms with E-state index >= 15 is 0 Å². The summed E-state index contributed by atoms with van der Waals surface area (Å²) in [7, 11) is -4.79. The molecule has 0 aromatic heterocycles. The first-order chi connectivity index (χ1) is 25.7. The molecule has 10 heteroatoms. The van der Waals surface area contributed by atoms with Gasteiger partial charge in [-0.3, -0.25) is 14.1 Å². The minimum absolute atomic E-state index is 0.159. The highest BCUT2D eigenvalue weighted by Crippen LogP contribution is 2.36. The molecule has 0 saturated heterocycles. The van der Waals surface area contributed by atoms with E-state index in [2.05, 4.69) is 97.4 Å². The lowest BCUT2D eigenvalue weighted by atomic mass is 10.1. The van der Waals surface area contributed by atoms with Gasteiger partial charge in [0.25, 0.3) is 0 Å². The Hall–Kier alpha value is -3.07. The Bertz CT molecular complexity index is 1190. The first kappa shape index (κ1) is 49.9. The third kappa shape index (κ3) is 40.0. The van der Waals surface area contributed by atoms with Gasteiger partial charge >= 0.3 is 19.8 Å². The molecule has 0 saturated carbocycles. The van der Waals surface area contributed by atoms with Crippen LogP contribution < -0.4 is 0 Å². The van der Waals surface area contributed by atoms with Crippen molar-refractivity contribution in [2.24, 2.45) is 0 Å². The van der Waals surface area contributed by atoms with Crippen LogP contribution in [0.25, 0.3) is 0 Å². The molecule has 0 rings (SSSR count). The standard InChI is InChI=1S/C43H69O9P/c1-3-5-6-7-8-9-10-11-12-13-14-17-21-24-27-30-33-37-43(46)52-41(39-51-53(47,48)49)38-50-42(45)36-32-29-26-23-20-18-15-16-19-22-25-28-31-35-40(44)34-4-2/h5-6,8-9,11-12,14-15,17-19,22-23,26,28,31,40-41,44H,3-4,7,10,13,16,20-21,24-25,27,29-30,32-39H2,1-2H3,(H2,47,48,49)/b6-5-,9-8-,12-11-,17-14-,18-15-,22-19-,26-23-,31-28-/t40?,41-/m1/s1. The highest BCUT2D eigenvalue weighted by Gasteiger charge is 2.22. The van der Waals surface area contributed by atoms with Crippen LogP contribution in [0.5, 0.6) is 0 Å². The lowest BCUT2D eigenvalue weighted by Gasteiger charge is -2.18. The second kappa shape index (κ2) is 37.3. The lowest BCUT2D eigenvalue weighted by Crippen LogP contribution is -2.29. The molecule has 0 radical (unpaired) electrons. The number of allylic oxidation sites excluding steroid dienone is 15. The summed E-state index contributed by atoms with van der Waals surface area (Å²) >= 11 is 0. The molecule has 0 amide bonds. The molecule has 0 spiro atoms. The van der Waals surface area contributed by atoms with Gasteiger partial charge in [0.2, 0.25) is 0 Å². The SMILES string of the molecule is CC/C=C\C/C=C\C/C=C\C/C=C\CCCCCCC(=O)O[C@H](COC(=O)CCC/C=C\C/C=C\C/C=C\C/C=C\CC(O)CCC)COP(=O)(O)O. The Kier molecular flexibility index (Phi) is 35.1. The quantitative estimate of drug-likeness (QED) is 0.0253. The molecule has 0 heterocycles. The maximum atomic E-state index is 12.4. The average molecular weight is 761 g/mol. The number of hydrogen-bond acceptors (Lipinski definition) is 7. The van der Waals surface area contributed by atoms with Crippen LogP contribution in [0.2, 0.25) is 0 Å². The predicted molar refractivity (Wildman–Crippen MR) is 217 cm³/mol. The maximum Gasteiger partial charge on any atom is 0.469 e. The first-order valence-corrected chi connectivity index (χ1v) is 21.1. The molecule has 1 unspecified atom stereocenters. The van der Waals surface area contributed by atoms with Gasteiger partial charge in [-0.15, -0.1) is 0 Å². The fourth-order valence-corrected chi connectivity index (χ4v) is 5.14. The van der Waals surface area contributed by atoms with Crippen LogP contribution in [0.15, 0.2) is 97.2 Å². The topological polar surface area (TPSA) is 140 Å². The largest absolute Gasteiger partial charge is 0.469 e. The Morgan fingerprint density at radius 3 is 1.58 bits per heavy atom. The first-order valence-electron chi connectivity index (χ1n) is 19.6. The summed E-state index contributed by atoms with van der Waals surface area (Å²) in [5.74, 6) is -1.01. The van der Waals surface area contributed by atoms with Gasteiger partial charge in [-0.25, -0.2) is 4.57 Å². The molecule has 9 nitrogen and oxygen atoms in total. The normalized spacial score (nSPS) is 14.1. The minimum atomic E-state index is -4.79. The van der Waals surface area contributed by atoms with Crippen LogP contribution in [0.1, 0.15) is 136 Å². The van der Waals surface area contributed by atoms with Crippen LogP contribution in [-0.4, -0.2) is 52.3 Å². The second-order valence-corrected chi connectivity index (χ2v) is 13.9. The Balaban J connectivity index is 4.14. The second-order valence-electron chi connectivity index (χ2n) is 12.7. The number of unbranched alkanes of at least 4 members (excludes halogenated alkanes) is 5. The van der Waals surface area contributed by atoms with Gasteiger partial charge in [-0.1, -0.05) is 130 Å². The summed E-state index contributed by atoms with van der Waals surface area (Å²) < 4.78 is 26.3. The average Bonchev–Trinajstić information content (AvgIpc) is 3.12. The molecule has 0 aliphatic rings. The molecule has 0 fully saturated rings. The minimum Gasteiger partial charge on any atom is -0.462 e. The van der Waals surface area contributed by atoms with Gasteiger partial charge in [-0.05, 0) is 89.9 Å². The number of ether oxygens (including phenoxy) is 2. The van der Waals surface area contributed by atoms with E-state index in [1.165, 1.54) is 0 Å². The summed E-state index contributed by atoms with van der Waals surface area (Å²) in [4.78, 5) is 42.7. The number of esters is 2. The van der Waals surface area contributed by atoms with Crippen molar-refractivity contribution in [2.75, 3.05) is 13.2 Å². The summed E-state index contributed by atoms with van der Waals surface area (Å²) in [5, 5.41) is 9.70. The van der Waals surface area contributed by atoms with E-state index in [1.807, 2.05) is 18.2 Å². The van der Waals surface area contributed by atoms with Gasteiger partial charge < -0.3 is 24.4 Å². The fourth-order valence-electron chi connectivity index (χ4n) is 4.78. The van der Waals surface area contributed by atoms with Crippen molar-refractivity contribution in [2.45, 2.75) is 148 Å². The number of aliphatic hydroxyl groups is 1. The highest BCUT2D eigenvalue weighted by atomic mass is 31.2. The van der Waals surface area contributed by atoms with Crippen molar-refractivity contribution in [3.8, 4) is 0 Å². The Labute approximate surface area is 320 Å². The van der Waals surface area contributed by atoms with E-state index in [-0.39, 0.29) is 25.6 Å². The van der Waals surface area contributed by atoms with Gasteiger partial charge in [0.15, 0.2) is 6.10 Å². The van der Waals surface area contributed by atoms with Crippen LogP contribution in [0, 0.1) is 0 Å². The van der Waals surface area contributed by atoms with Gasteiger partial charge in [-0.2, -0.15) is 0 Å². The van der Waals surface area contributed by atoms with Crippen LogP contribution in [-0.2, 0) is 28.2 Å². The van der Waals surface area contributed by atoms with E-state index in [9.17, 15) is 19.3 Å². The summed E-state index contributed by atoms with van der Waals surface area (Å²) in [6, 6.07) is 0. The molecule has 53 heavy (non-hydrogen) atoms.